The molecule has 0 radical (unpaired) electrons. The number of nitrogens with one attached hydrogen (secondary N) is 2. The number of benzene rings is 2. The number of nitrogens with zero attached hydrogens (tertiary/aromatic N) is 2. The van der Waals surface area contributed by atoms with E-state index in [9.17, 15) is 13.2 Å². The van der Waals surface area contributed by atoms with Crippen LogP contribution in [0.1, 0.15) is 34.5 Å². The molecule has 1 amide bonds. The molecule has 10 heteroatoms. The highest BCUT2D eigenvalue weighted by molar-refractivity contribution is 7.91. The fraction of sp³-hybridized carbons (Fsp3) is 0.167. The number of amides is 1. The molecule has 0 fully saturated rings. The first-order valence-electron chi connectivity index (χ1n) is 8.24. The lowest BCUT2D eigenvalue weighted by molar-refractivity contribution is 0.102. The Bertz CT molecular complexity index is 1100. The van der Waals surface area contributed by atoms with Gasteiger partial charge in [-0.25, -0.2) is 13.1 Å². The molecule has 1 atom stereocenters. The highest BCUT2D eigenvalue weighted by atomic mass is 35.5. The van der Waals surface area contributed by atoms with Crippen LogP contribution < -0.4 is 10.0 Å². The summed E-state index contributed by atoms with van der Waals surface area (Å²) in [7, 11) is -3.89. The van der Waals surface area contributed by atoms with Gasteiger partial charge in [0.25, 0.3) is 15.9 Å². The first kappa shape index (κ1) is 20.4. The van der Waals surface area contributed by atoms with Crippen molar-refractivity contribution in [3.63, 3.8) is 0 Å². The van der Waals surface area contributed by atoms with Gasteiger partial charge in [0.2, 0.25) is 9.47 Å². The number of sulfonamides is 1. The van der Waals surface area contributed by atoms with E-state index in [1.54, 1.807) is 31.2 Å². The fourth-order valence-electron chi connectivity index (χ4n) is 2.38. The minimum atomic E-state index is -3.89. The van der Waals surface area contributed by atoms with E-state index in [-0.39, 0.29) is 20.1 Å². The van der Waals surface area contributed by atoms with Gasteiger partial charge in [-0.15, -0.1) is 10.2 Å². The third kappa shape index (κ3) is 4.74. The largest absolute Gasteiger partial charge is 0.296 e. The topological polar surface area (TPSA) is 101 Å². The number of hydrogen-bond donors (Lipinski definition) is 2. The minimum absolute atomic E-state index is 0.0632. The molecular formula is C18H17ClN4O3S2. The van der Waals surface area contributed by atoms with Crippen LogP contribution in [-0.2, 0) is 10.0 Å². The summed E-state index contributed by atoms with van der Waals surface area (Å²) < 4.78 is 27.5. The Morgan fingerprint density at radius 1 is 1.11 bits per heavy atom. The first-order chi connectivity index (χ1) is 13.3. The molecule has 1 aromatic heterocycles. The summed E-state index contributed by atoms with van der Waals surface area (Å²) in [4.78, 5) is 12.3. The van der Waals surface area contributed by atoms with Gasteiger partial charge in [-0.1, -0.05) is 64.9 Å². The van der Waals surface area contributed by atoms with Crippen molar-refractivity contribution in [1.29, 1.82) is 0 Å². The molecule has 0 aliphatic carbocycles. The van der Waals surface area contributed by atoms with E-state index in [4.69, 9.17) is 11.6 Å². The third-order valence-electron chi connectivity index (χ3n) is 3.88. The summed E-state index contributed by atoms with van der Waals surface area (Å²) in [5, 5.41) is 10.3. The molecule has 0 saturated heterocycles. The molecule has 0 unspecified atom stereocenters. The summed E-state index contributed by atoms with van der Waals surface area (Å²) in [5.41, 5.74) is 2.17. The first-order valence-corrected chi connectivity index (χ1v) is 10.9. The molecule has 28 heavy (non-hydrogen) atoms. The lowest BCUT2D eigenvalue weighted by Crippen LogP contribution is -2.26. The van der Waals surface area contributed by atoms with Crippen LogP contribution in [0.2, 0.25) is 5.02 Å². The third-order valence-corrected chi connectivity index (χ3v) is 6.96. The quantitative estimate of drug-likeness (QED) is 0.572. The maximum absolute atomic E-state index is 12.6. The van der Waals surface area contributed by atoms with Gasteiger partial charge >= 0.3 is 0 Å². The summed E-state index contributed by atoms with van der Waals surface area (Å²) in [5.74, 6) is -0.494. The molecular weight excluding hydrogens is 420 g/mol. The van der Waals surface area contributed by atoms with Crippen molar-refractivity contribution in [2.75, 3.05) is 5.32 Å². The summed E-state index contributed by atoms with van der Waals surface area (Å²) in [6.07, 6.45) is 0. The van der Waals surface area contributed by atoms with Gasteiger partial charge < -0.3 is 0 Å². The number of rotatable bonds is 6. The molecule has 1 heterocycles. The monoisotopic (exact) mass is 436 g/mol. The van der Waals surface area contributed by atoms with Crippen LogP contribution in [0.15, 0.2) is 52.9 Å². The average Bonchev–Trinajstić information content (AvgIpc) is 3.11. The predicted molar refractivity (Wildman–Crippen MR) is 109 cm³/mol. The van der Waals surface area contributed by atoms with E-state index in [1.807, 2.05) is 31.2 Å². The molecule has 2 N–H and O–H groups in total. The van der Waals surface area contributed by atoms with Crippen molar-refractivity contribution < 1.29 is 13.2 Å². The van der Waals surface area contributed by atoms with Crippen LogP contribution in [0.25, 0.3) is 0 Å². The normalized spacial score (nSPS) is 12.5. The Morgan fingerprint density at radius 3 is 2.46 bits per heavy atom. The number of aryl methyl sites for hydroxylation is 1. The van der Waals surface area contributed by atoms with Crippen LogP contribution in [0.5, 0.6) is 0 Å². The Kier molecular flexibility index (Phi) is 6.09. The molecule has 0 aliphatic rings. The zero-order valence-corrected chi connectivity index (χ0v) is 17.4. The van der Waals surface area contributed by atoms with Gasteiger partial charge in [-0.05, 0) is 31.5 Å². The second-order valence-electron chi connectivity index (χ2n) is 6.06. The highest BCUT2D eigenvalue weighted by Gasteiger charge is 2.24. The molecule has 2 aromatic carbocycles. The molecule has 7 nitrogen and oxygen atoms in total. The minimum Gasteiger partial charge on any atom is -0.296 e. The molecule has 3 aromatic rings. The standard InChI is InChI=1S/C18H17ClN4O3S2/c1-11-7-9-13(10-8-11)12(2)23-28(25,26)18-22-21-17(27-18)20-16(24)14-5-3-4-6-15(14)19/h3-10,12,23H,1-2H3,(H,20,21,24)/t12-/m0/s1. The number of carbonyl (C=O) groups is 1. The van der Waals surface area contributed by atoms with Crippen LogP contribution >= 0.6 is 22.9 Å². The van der Waals surface area contributed by atoms with E-state index in [1.165, 1.54) is 0 Å². The highest BCUT2D eigenvalue weighted by Crippen LogP contribution is 2.24. The van der Waals surface area contributed by atoms with Gasteiger partial charge in [0, 0.05) is 6.04 Å². The van der Waals surface area contributed by atoms with Gasteiger partial charge in [0.05, 0.1) is 10.6 Å². The van der Waals surface area contributed by atoms with Gasteiger partial charge in [-0.3, -0.25) is 10.1 Å². The summed E-state index contributed by atoms with van der Waals surface area (Å²) >= 11 is 6.75. The van der Waals surface area contributed by atoms with Crippen LogP contribution in [-0.4, -0.2) is 24.5 Å². The smallest absolute Gasteiger partial charge is 0.270 e. The number of halogens is 1. The zero-order chi connectivity index (χ0) is 20.3. The fourth-order valence-corrected chi connectivity index (χ4v) is 4.75. The van der Waals surface area contributed by atoms with Crippen molar-refractivity contribution in [1.82, 2.24) is 14.9 Å². The molecule has 146 valence electrons. The van der Waals surface area contributed by atoms with E-state index < -0.39 is 22.0 Å². The maximum atomic E-state index is 12.6. The van der Waals surface area contributed by atoms with Gasteiger partial charge in [0.1, 0.15) is 0 Å². The van der Waals surface area contributed by atoms with Crippen LogP contribution in [0.4, 0.5) is 5.13 Å². The molecule has 0 saturated carbocycles. The van der Waals surface area contributed by atoms with E-state index in [2.05, 4.69) is 20.2 Å². The van der Waals surface area contributed by atoms with Crippen molar-refractivity contribution in [3.8, 4) is 0 Å². The SMILES string of the molecule is Cc1ccc([C@H](C)NS(=O)(=O)c2nnc(NC(=O)c3ccccc3Cl)s2)cc1. The van der Waals surface area contributed by atoms with E-state index in [0.717, 1.165) is 22.5 Å². The van der Waals surface area contributed by atoms with Crippen molar-refractivity contribution >= 4 is 44.0 Å². The predicted octanol–water partition coefficient (Wildman–Crippen LogP) is 3.79. The van der Waals surface area contributed by atoms with Crippen LogP contribution in [0, 0.1) is 6.92 Å². The average molecular weight is 437 g/mol. The van der Waals surface area contributed by atoms with Crippen molar-refractivity contribution in [2.24, 2.45) is 0 Å². The number of aromatic nitrogens is 2. The second-order valence-corrected chi connectivity index (χ2v) is 9.33. The van der Waals surface area contributed by atoms with Gasteiger partial charge in [0.15, 0.2) is 0 Å². The Balaban J connectivity index is 1.72. The van der Waals surface area contributed by atoms with E-state index >= 15 is 0 Å². The zero-order valence-electron chi connectivity index (χ0n) is 15.0. The van der Waals surface area contributed by atoms with Crippen molar-refractivity contribution in [2.45, 2.75) is 24.2 Å². The Morgan fingerprint density at radius 2 is 1.79 bits per heavy atom. The number of hydrogen-bond acceptors (Lipinski definition) is 6. The van der Waals surface area contributed by atoms with Crippen molar-refractivity contribution in [3.05, 3.63) is 70.2 Å². The van der Waals surface area contributed by atoms with E-state index in [0.29, 0.717) is 0 Å². The second kappa shape index (κ2) is 8.36. The lowest BCUT2D eigenvalue weighted by atomic mass is 10.1. The maximum Gasteiger partial charge on any atom is 0.270 e. The van der Waals surface area contributed by atoms with Crippen LogP contribution in [0.3, 0.4) is 0 Å². The number of anilines is 1. The summed E-state index contributed by atoms with van der Waals surface area (Å²) in [6, 6.07) is 13.6. The number of carbonyl (C=O) groups excluding carboxylic acids is 1. The molecule has 0 bridgehead atoms. The molecule has 0 aliphatic heterocycles. The van der Waals surface area contributed by atoms with Gasteiger partial charge in [-0.2, -0.15) is 0 Å². The molecule has 0 spiro atoms. The lowest BCUT2D eigenvalue weighted by Gasteiger charge is -2.13. The summed E-state index contributed by atoms with van der Waals surface area (Å²) in [6.45, 7) is 3.70. The Labute approximate surface area is 171 Å². The Hall–Kier alpha value is -2.33. The molecule has 3 rings (SSSR count).